The Bertz CT molecular complexity index is 704. The highest BCUT2D eigenvalue weighted by Gasteiger charge is 2.29. The van der Waals surface area contributed by atoms with Crippen molar-refractivity contribution < 1.29 is 4.74 Å². The Morgan fingerprint density at radius 2 is 2.00 bits per heavy atom. The van der Waals surface area contributed by atoms with Gasteiger partial charge in [0, 0.05) is 24.1 Å². The summed E-state index contributed by atoms with van der Waals surface area (Å²) in [4.78, 5) is 0. The second kappa shape index (κ2) is 6.82. The number of nitrogens with zero attached hydrogens (tertiary/aromatic N) is 3. The van der Waals surface area contributed by atoms with E-state index in [0.29, 0.717) is 11.8 Å². The highest BCUT2D eigenvalue weighted by atomic mass is 32.2. The van der Waals surface area contributed by atoms with Crippen molar-refractivity contribution in [1.82, 2.24) is 14.6 Å². The number of hydrogen-bond donors (Lipinski definition) is 1. The Hall–Kier alpha value is -1.43. The summed E-state index contributed by atoms with van der Waals surface area (Å²) in [5.41, 5.74) is 2.17. The van der Waals surface area contributed by atoms with E-state index in [1.807, 2.05) is 10.7 Å². The van der Waals surface area contributed by atoms with E-state index in [0.717, 1.165) is 29.9 Å². The lowest BCUT2D eigenvalue weighted by atomic mass is 9.83. The summed E-state index contributed by atoms with van der Waals surface area (Å²) in [5, 5.41) is 8.51. The second-order valence-electron chi connectivity index (χ2n) is 7.36. The molecule has 6 heteroatoms. The zero-order valence-corrected chi connectivity index (χ0v) is 15.3. The average Bonchev–Trinajstić information content (AvgIpc) is 3.37. The minimum Gasteiger partial charge on any atom is -0.493 e. The van der Waals surface area contributed by atoms with Crippen LogP contribution >= 0.6 is 11.9 Å². The number of fused-ring (bicyclic) bond motifs is 1. The fourth-order valence-corrected chi connectivity index (χ4v) is 3.94. The van der Waals surface area contributed by atoms with E-state index in [9.17, 15) is 0 Å². The van der Waals surface area contributed by atoms with E-state index in [4.69, 9.17) is 4.74 Å². The van der Waals surface area contributed by atoms with Crippen LogP contribution in [-0.4, -0.2) is 27.5 Å². The van der Waals surface area contributed by atoms with Crippen molar-refractivity contribution >= 4 is 23.5 Å². The van der Waals surface area contributed by atoms with Gasteiger partial charge in [-0.15, -0.1) is 10.2 Å². The van der Waals surface area contributed by atoms with Gasteiger partial charge >= 0.3 is 0 Å². The van der Waals surface area contributed by atoms with Gasteiger partial charge in [0.1, 0.15) is 5.75 Å². The summed E-state index contributed by atoms with van der Waals surface area (Å²) < 4.78 is 11.5. The molecule has 2 saturated carbocycles. The molecule has 4 rings (SSSR count). The molecule has 2 aromatic heterocycles. The molecular formula is C18H26N4OS. The molecule has 2 heterocycles. The van der Waals surface area contributed by atoms with Gasteiger partial charge in [-0.3, -0.25) is 9.12 Å². The molecule has 0 aromatic carbocycles. The van der Waals surface area contributed by atoms with Crippen LogP contribution in [0.2, 0.25) is 0 Å². The molecule has 1 N–H and O–H groups in total. The molecule has 2 fully saturated rings. The smallest absolute Gasteiger partial charge is 0.239 e. The topological polar surface area (TPSA) is 51.5 Å². The fourth-order valence-electron chi connectivity index (χ4n) is 3.62. The predicted molar refractivity (Wildman–Crippen MR) is 98.7 cm³/mol. The first-order chi connectivity index (χ1) is 11.7. The number of hydrogen-bond acceptors (Lipinski definition) is 5. The molecule has 2 aliphatic carbocycles. The normalized spacial score (nSPS) is 24.2. The maximum absolute atomic E-state index is 6.28. The molecule has 5 nitrogen and oxygen atoms in total. The van der Waals surface area contributed by atoms with Crippen LogP contribution in [0.25, 0.3) is 5.65 Å². The van der Waals surface area contributed by atoms with Crippen LogP contribution < -0.4 is 9.46 Å². The lowest BCUT2D eigenvalue weighted by molar-refractivity contribution is 0.187. The third-order valence-electron chi connectivity index (χ3n) is 5.36. The standard InChI is InChI=1S/C18H26N4OS/c1-12-3-5-13(6-4-12)11-23-16-9-17-19-20-18(21-24-2)22(17)10-15(16)14-7-8-14/h9-10,12-14H,3-8,11H2,1-2H3,(H,20,21). The molecule has 0 amide bonds. The van der Waals surface area contributed by atoms with E-state index in [1.165, 1.54) is 56.0 Å². The molecular weight excluding hydrogens is 320 g/mol. The van der Waals surface area contributed by atoms with Crippen molar-refractivity contribution in [2.45, 2.75) is 51.4 Å². The molecule has 24 heavy (non-hydrogen) atoms. The van der Waals surface area contributed by atoms with Gasteiger partial charge in [-0.2, -0.15) is 0 Å². The molecule has 2 aromatic rings. The first-order valence-electron chi connectivity index (χ1n) is 9.05. The monoisotopic (exact) mass is 346 g/mol. The van der Waals surface area contributed by atoms with Gasteiger partial charge in [0.2, 0.25) is 5.95 Å². The Morgan fingerprint density at radius 3 is 2.71 bits per heavy atom. The molecule has 0 aliphatic heterocycles. The number of nitrogens with one attached hydrogen (secondary N) is 1. The summed E-state index contributed by atoms with van der Waals surface area (Å²) in [6.07, 6.45) is 12.0. The third kappa shape index (κ3) is 3.34. The summed E-state index contributed by atoms with van der Waals surface area (Å²) >= 11 is 1.53. The predicted octanol–water partition coefficient (Wildman–Crippen LogP) is 4.50. The summed E-state index contributed by atoms with van der Waals surface area (Å²) in [5.74, 6) is 4.04. The average molecular weight is 347 g/mol. The highest BCUT2D eigenvalue weighted by molar-refractivity contribution is 7.99. The molecule has 0 saturated heterocycles. The van der Waals surface area contributed by atoms with E-state index in [1.54, 1.807) is 0 Å². The Morgan fingerprint density at radius 1 is 1.21 bits per heavy atom. The number of ether oxygens (including phenoxy) is 1. The first kappa shape index (κ1) is 16.1. The van der Waals surface area contributed by atoms with Crippen LogP contribution in [0, 0.1) is 11.8 Å². The van der Waals surface area contributed by atoms with Gasteiger partial charge < -0.3 is 4.74 Å². The van der Waals surface area contributed by atoms with Crippen LogP contribution in [0.4, 0.5) is 5.95 Å². The molecule has 0 bridgehead atoms. The number of pyridine rings is 1. The molecule has 130 valence electrons. The maximum atomic E-state index is 6.28. The van der Waals surface area contributed by atoms with Crippen molar-refractivity contribution in [1.29, 1.82) is 0 Å². The summed E-state index contributed by atoms with van der Waals surface area (Å²) in [6, 6.07) is 2.07. The minimum atomic E-state index is 0.639. The van der Waals surface area contributed by atoms with E-state index < -0.39 is 0 Å². The largest absolute Gasteiger partial charge is 0.493 e. The zero-order valence-electron chi connectivity index (χ0n) is 14.5. The van der Waals surface area contributed by atoms with Crippen LogP contribution in [0.15, 0.2) is 12.3 Å². The van der Waals surface area contributed by atoms with Crippen molar-refractivity contribution in [2.24, 2.45) is 11.8 Å². The first-order valence-corrected chi connectivity index (χ1v) is 10.3. The zero-order chi connectivity index (χ0) is 16.5. The molecule has 0 atom stereocenters. The lowest BCUT2D eigenvalue weighted by Gasteiger charge is -2.26. The molecule has 0 unspecified atom stereocenters. The van der Waals surface area contributed by atoms with Gasteiger partial charge in [0.25, 0.3) is 0 Å². The van der Waals surface area contributed by atoms with Gasteiger partial charge in [-0.05, 0) is 43.4 Å². The Labute approximate surface area is 147 Å². The Kier molecular flexibility index (Phi) is 4.57. The van der Waals surface area contributed by atoms with Crippen molar-refractivity contribution in [3.63, 3.8) is 0 Å². The SMILES string of the molecule is CSNc1nnc2cc(OCC3CCC(C)CC3)c(C3CC3)cn12. The van der Waals surface area contributed by atoms with Gasteiger partial charge in [-0.1, -0.05) is 31.7 Å². The number of rotatable bonds is 6. The summed E-state index contributed by atoms with van der Waals surface area (Å²) in [6.45, 7) is 3.20. The van der Waals surface area contributed by atoms with Crippen LogP contribution in [0.3, 0.4) is 0 Å². The molecule has 2 aliphatic rings. The van der Waals surface area contributed by atoms with E-state index in [-0.39, 0.29) is 0 Å². The molecule has 0 spiro atoms. The van der Waals surface area contributed by atoms with Gasteiger partial charge in [0.15, 0.2) is 5.65 Å². The maximum Gasteiger partial charge on any atom is 0.239 e. The van der Waals surface area contributed by atoms with E-state index >= 15 is 0 Å². The number of aromatic nitrogens is 3. The second-order valence-corrected chi connectivity index (χ2v) is 7.97. The fraction of sp³-hybridized carbons (Fsp3) is 0.667. The van der Waals surface area contributed by atoms with E-state index in [2.05, 4.69) is 34.1 Å². The van der Waals surface area contributed by atoms with Crippen LogP contribution in [0.5, 0.6) is 5.75 Å². The lowest BCUT2D eigenvalue weighted by Crippen LogP contribution is -2.19. The van der Waals surface area contributed by atoms with Gasteiger partial charge in [-0.25, -0.2) is 0 Å². The highest BCUT2D eigenvalue weighted by Crippen LogP contribution is 2.45. The number of anilines is 1. The quantitative estimate of drug-likeness (QED) is 0.780. The van der Waals surface area contributed by atoms with Gasteiger partial charge in [0.05, 0.1) is 6.61 Å². The summed E-state index contributed by atoms with van der Waals surface area (Å²) in [7, 11) is 0. The van der Waals surface area contributed by atoms with Crippen LogP contribution in [0.1, 0.15) is 56.9 Å². The minimum absolute atomic E-state index is 0.639. The molecule has 0 radical (unpaired) electrons. The van der Waals surface area contributed by atoms with Crippen molar-refractivity contribution in [2.75, 3.05) is 17.6 Å². The van der Waals surface area contributed by atoms with Crippen LogP contribution in [-0.2, 0) is 0 Å². The third-order valence-corrected chi connectivity index (χ3v) is 5.74. The Balaban J connectivity index is 1.54. The van der Waals surface area contributed by atoms with Crippen molar-refractivity contribution in [3.8, 4) is 5.75 Å². The van der Waals surface area contributed by atoms with Crippen molar-refractivity contribution in [3.05, 3.63) is 17.8 Å².